The smallest absolute Gasteiger partial charge is 0.274 e. The molecule has 2 fully saturated rings. The summed E-state index contributed by atoms with van der Waals surface area (Å²) in [6, 6.07) is 1.75. The highest BCUT2D eigenvalue weighted by atomic mass is 16.3. The van der Waals surface area contributed by atoms with E-state index in [9.17, 15) is 9.90 Å². The third-order valence-corrected chi connectivity index (χ3v) is 4.65. The van der Waals surface area contributed by atoms with Crippen molar-refractivity contribution in [2.45, 2.75) is 37.7 Å². The monoisotopic (exact) mass is 263 g/mol. The van der Waals surface area contributed by atoms with E-state index in [0.29, 0.717) is 25.2 Å². The van der Waals surface area contributed by atoms with Crippen LogP contribution in [0.15, 0.2) is 12.3 Å². The van der Waals surface area contributed by atoms with Crippen molar-refractivity contribution in [1.82, 2.24) is 14.7 Å². The average molecular weight is 263 g/mol. The van der Waals surface area contributed by atoms with E-state index in [1.54, 1.807) is 16.9 Å². The van der Waals surface area contributed by atoms with Gasteiger partial charge in [0.05, 0.1) is 5.60 Å². The summed E-state index contributed by atoms with van der Waals surface area (Å²) >= 11 is 0. The molecule has 2 heterocycles. The predicted octanol–water partition coefficient (Wildman–Crippen LogP) is 1.19. The first kappa shape index (κ1) is 12.7. The van der Waals surface area contributed by atoms with Crippen LogP contribution >= 0.6 is 0 Å². The quantitative estimate of drug-likeness (QED) is 0.828. The Morgan fingerprint density at radius 3 is 3.05 bits per heavy atom. The Morgan fingerprint density at radius 1 is 1.47 bits per heavy atom. The Bertz CT molecular complexity index is 485. The van der Waals surface area contributed by atoms with Crippen LogP contribution in [0.25, 0.3) is 0 Å². The molecule has 2 atom stereocenters. The molecule has 0 aromatic carbocycles. The Balaban J connectivity index is 1.72. The van der Waals surface area contributed by atoms with Crippen LogP contribution in [0.2, 0.25) is 0 Å². The molecule has 1 saturated heterocycles. The molecule has 1 amide bonds. The van der Waals surface area contributed by atoms with E-state index >= 15 is 0 Å². The van der Waals surface area contributed by atoms with Crippen molar-refractivity contribution in [3.8, 4) is 0 Å². The zero-order valence-electron chi connectivity index (χ0n) is 11.4. The molecule has 1 aliphatic heterocycles. The van der Waals surface area contributed by atoms with Crippen molar-refractivity contribution in [2.24, 2.45) is 13.0 Å². The highest BCUT2D eigenvalue weighted by Gasteiger charge is 2.43. The van der Waals surface area contributed by atoms with Crippen LogP contribution in [-0.2, 0) is 7.05 Å². The lowest BCUT2D eigenvalue weighted by Crippen LogP contribution is -2.54. The van der Waals surface area contributed by atoms with Crippen molar-refractivity contribution >= 4 is 5.91 Å². The Morgan fingerprint density at radius 2 is 2.32 bits per heavy atom. The second kappa shape index (κ2) is 4.63. The molecule has 1 saturated carbocycles. The van der Waals surface area contributed by atoms with Gasteiger partial charge in [-0.1, -0.05) is 12.8 Å². The van der Waals surface area contributed by atoms with E-state index in [2.05, 4.69) is 5.10 Å². The minimum absolute atomic E-state index is 0.00627. The minimum Gasteiger partial charge on any atom is -0.389 e. The van der Waals surface area contributed by atoms with Crippen LogP contribution in [0, 0.1) is 5.92 Å². The van der Waals surface area contributed by atoms with Crippen LogP contribution in [-0.4, -0.2) is 44.4 Å². The molecule has 0 radical (unpaired) electrons. The number of amides is 1. The molecule has 19 heavy (non-hydrogen) atoms. The van der Waals surface area contributed by atoms with Gasteiger partial charge in [-0.3, -0.25) is 9.48 Å². The Kier molecular flexibility index (Phi) is 3.09. The summed E-state index contributed by atoms with van der Waals surface area (Å²) in [7, 11) is 1.81. The summed E-state index contributed by atoms with van der Waals surface area (Å²) in [4.78, 5) is 14.2. The lowest BCUT2D eigenvalue weighted by atomic mass is 9.71. The van der Waals surface area contributed by atoms with Crippen molar-refractivity contribution in [3.63, 3.8) is 0 Å². The van der Waals surface area contributed by atoms with Crippen LogP contribution in [0.3, 0.4) is 0 Å². The SMILES string of the molecule is Cn1ccc(C(=O)N2CCC3(O)CCCCC3C2)n1. The fraction of sp³-hybridized carbons (Fsp3) is 0.714. The number of carbonyl (C=O) groups is 1. The molecule has 5 heteroatoms. The van der Waals surface area contributed by atoms with Crippen LogP contribution < -0.4 is 0 Å². The first-order valence-corrected chi connectivity index (χ1v) is 7.10. The summed E-state index contributed by atoms with van der Waals surface area (Å²) < 4.78 is 1.65. The first-order chi connectivity index (χ1) is 9.08. The number of fused-ring (bicyclic) bond motifs is 1. The Hall–Kier alpha value is -1.36. The summed E-state index contributed by atoms with van der Waals surface area (Å²) in [5.74, 6) is 0.232. The molecule has 1 aromatic rings. The second-order valence-electron chi connectivity index (χ2n) is 5.92. The summed E-state index contributed by atoms with van der Waals surface area (Å²) in [6.07, 6.45) is 6.69. The molecule has 2 aliphatic rings. The minimum atomic E-state index is -0.529. The number of carbonyl (C=O) groups excluding carboxylic acids is 1. The molecule has 1 N–H and O–H groups in total. The van der Waals surface area contributed by atoms with Gasteiger partial charge in [0, 0.05) is 32.3 Å². The van der Waals surface area contributed by atoms with Crippen LogP contribution in [0.5, 0.6) is 0 Å². The maximum Gasteiger partial charge on any atom is 0.274 e. The number of piperidine rings is 1. The van der Waals surface area contributed by atoms with E-state index in [1.165, 1.54) is 6.42 Å². The highest BCUT2D eigenvalue weighted by Crippen LogP contribution is 2.39. The van der Waals surface area contributed by atoms with Gasteiger partial charge in [0.2, 0.25) is 0 Å². The van der Waals surface area contributed by atoms with Crippen molar-refractivity contribution in [2.75, 3.05) is 13.1 Å². The maximum atomic E-state index is 12.4. The molecule has 2 unspecified atom stereocenters. The fourth-order valence-electron chi connectivity index (χ4n) is 3.45. The van der Waals surface area contributed by atoms with E-state index in [1.807, 2.05) is 11.9 Å². The number of likely N-dealkylation sites (tertiary alicyclic amines) is 1. The highest BCUT2D eigenvalue weighted by molar-refractivity contribution is 5.92. The Labute approximate surface area is 113 Å². The third kappa shape index (κ3) is 2.27. The lowest BCUT2D eigenvalue weighted by Gasteiger charge is -2.47. The molecule has 1 aromatic heterocycles. The molecular weight excluding hydrogens is 242 g/mol. The molecule has 0 bridgehead atoms. The fourth-order valence-corrected chi connectivity index (χ4v) is 3.45. The second-order valence-corrected chi connectivity index (χ2v) is 5.92. The van der Waals surface area contributed by atoms with E-state index in [0.717, 1.165) is 19.3 Å². The van der Waals surface area contributed by atoms with Crippen molar-refractivity contribution in [3.05, 3.63) is 18.0 Å². The standard InChI is InChI=1S/C14H21N3O2/c1-16-8-5-12(15-16)13(18)17-9-7-14(19)6-3-2-4-11(14)10-17/h5,8,11,19H,2-4,6-7,9-10H2,1H3. The van der Waals surface area contributed by atoms with Crippen molar-refractivity contribution in [1.29, 1.82) is 0 Å². The van der Waals surface area contributed by atoms with Gasteiger partial charge < -0.3 is 10.0 Å². The molecule has 0 spiro atoms. The largest absolute Gasteiger partial charge is 0.389 e. The molecule has 3 rings (SSSR count). The number of aliphatic hydroxyl groups is 1. The van der Waals surface area contributed by atoms with Gasteiger partial charge >= 0.3 is 0 Å². The van der Waals surface area contributed by atoms with Crippen LogP contribution in [0.4, 0.5) is 0 Å². The number of hydrogen-bond acceptors (Lipinski definition) is 3. The van der Waals surface area contributed by atoms with Gasteiger partial charge in [0.25, 0.3) is 5.91 Å². The number of hydrogen-bond donors (Lipinski definition) is 1. The third-order valence-electron chi connectivity index (χ3n) is 4.65. The van der Waals surface area contributed by atoms with Gasteiger partial charge in [-0.15, -0.1) is 0 Å². The van der Waals surface area contributed by atoms with Gasteiger partial charge in [-0.05, 0) is 25.3 Å². The van der Waals surface area contributed by atoms with Gasteiger partial charge in [0.1, 0.15) is 5.69 Å². The number of nitrogens with zero attached hydrogens (tertiary/aromatic N) is 3. The van der Waals surface area contributed by atoms with Gasteiger partial charge in [-0.2, -0.15) is 5.10 Å². The van der Waals surface area contributed by atoms with Crippen LogP contribution in [0.1, 0.15) is 42.6 Å². The number of rotatable bonds is 1. The lowest BCUT2D eigenvalue weighted by molar-refractivity contribution is -0.0886. The first-order valence-electron chi connectivity index (χ1n) is 7.10. The normalized spacial score (nSPS) is 31.1. The van der Waals surface area contributed by atoms with Gasteiger partial charge in [0.15, 0.2) is 0 Å². The molecule has 1 aliphatic carbocycles. The van der Waals surface area contributed by atoms with E-state index in [4.69, 9.17) is 0 Å². The number of aryl methyl sites for hydroxylation is 1. The molecule has 5 nitrogen and oxygen atoms in total. The van der Waals surface area contributed by atoms with Crippen molar-refractivity contribution < 1.29 is 9.90 Å². The van der Waals surface area contributed by atoms with Gasteiger partial charge in [-0.25, -0.2) is 0 Å². The summed E-state index contributed by atoms with van der Waals surface area (Å²) in [5.41, 5.74) is -0.0252. The number of aromatic nitrogens is 2. The maximum absolute atomic E-state index is 12.4. The predicted molar refractivity (Wildman–Crippen MR) is 70.6 cm³/mol. The molecular formula is C14H21N3O2. The topological polar surface area (TPSA) is 58.4 Å². The average Bonchev–Trinajstić information content (AvgIpc) is 2.83. The van der Waals surface area contributed by atoms with E-state index in [-0.39, 0.29) is 11.8 Å². The summed E-state index contributed by atoms with van der Waals surface area (Å²) in [5, 5.41) is 14.8. The summed E-state index contributed by atoms with van der Waals surface area (Å²) in [6.45, 7) is 1.31. The zero-order valence-corrected chi connectivity index (χ0v) is 11.4. The molecule has 104 valence electrons. The van der Waals surface area contributed by atoms with E-state index < -0.39 is 5.60 Å². The zero-order chi connectivity index (χ0) is 13.5.